The summed E-state index contributed by atoms with van der Waals surface area (Å²) in [6.45, 7) is 0. The number of carbonyl (C=O) groups is 2. The van der Waals surface area contributed by atoms with Gasteiger partial charge in [-0.25, -0.2) is 4.79 Å². The number of carboxylic acid groups (broad SMARTS) is 1. The molecule has 0 saturated heterocycles. The zero-order valence-electron chi connectivity index (χ0n) is 5.70. The highest BCUT2D eigenvalue weighted by Crippen LogP contribution is 2.02. The lowest BCUT2D eigenvalue weighted by Gasteiger charge is -1.82. The molecule has 0 amide bonds. The van der Waals surface area contributed by atoms with Crippen molar-refractivity contribution in [2.45, 2.75) is 6.42 Å². The molecular formula is C7H7NO3. The molecule has 0 fully saturated rings. The Kier molecular flexibility index (Phi) is 2.06. The molecule has 0 bridgehead atoms. The van der Waals surface area contributed by atoms with E-state index in [1.807, 2.05) is 0 Å². The van der Waals surface area contributed by atoms with E-state index >= 15 is 0 Å². The van der Waals surface area contributed by atoms with E-state index in [-0.39, 0.29) is 12.1 Å². The van der Waals surface area contributed by atoms with Crippen molar-refractivity contribution in [2.75, 3.05) is 0 Å². The predicted molar refractivity (Wildman–Crippen MR) is 37.5 cm³/mol. The molecule has 1 rings (SSSR count). The van der Waals surface area contributed by atoms with Crippen molar-refractivity contribution in [3.8, 4) is 0 Å². The summed E-state index contributed by atoms with van der Waals surface area (Å²) in [5.41, 5.74) is 0.805. The zero-order valence-corrected chi connectivity index (χ0v) is 5.70. The van der Waals surface area contributed by atoms with Crippen LogP contribution in [0.4, 0.5) is 0 Å². The highest BCUT2D eigenvalue weighted by atomic mass is 16.4. The molecule has 0 saturated carbocycles. The largest absolute Gasteiger partial charge is 0.477 e. The van der Waals surface area contributed by atoms with Crippen LogP contribution < -0.4 is 0 Å². The second kappa shape index (κ2) is 3.01. The number of rotatable bonds is 3. The number of hydrogen-bond donors (Lipinski definition) is 2. The summed E-state index contributed by atoms with van der Waals surface area (Å²) in [6.07, 6.45) is 2.50. The number of aromatic amines is 1. The lowest BCUT2D eigenvalue weighted by molar-refractivity contribution is -0.107. The summed E-state index contributed by atoms with van der Waals surface area (Å²) < 4.78 is 0. The Hall–Kier alpha value is -1.58. The van der Waals surface area contributed by atoms with Gasteiger partial charge in [-0.3, -0.25) is 0 Å². The summed E-state index contributed by atoms with van der Waals surface area (Å²) in [5, 5.41) is 8.45. The van der Waals surface area contributed by atoms with Crippen molar-refractivity contribution >= 4 is 12.3 Å². The van der Waals surface area contributed by atoms with Crippen LogP contribution in [0, 0.1) is 0 Å². The summed E-state index contributed by atoms with van der Waals surface area (Å²) in [4.78, 5) is 22.8. The Morgan fingerprint density at radius 3 is 2.91 bits per heavy atom. The zero-order chi connectivity index (χ0) is 8.27. The first-order valence-electron chi connectivity index (χ1n) is 3.08. The van der Waals surface area contributed by atoms with Crippen LogP contribution in [0.15, 0.2) is 12.3 Å². The fourth-order valence-corrected chi connectivity index (χ4v) is 0.777. The van der Waals surface area contributed by atoms with Crippen LogP contribution in [-0.2, 0) is 11.2 Å². The van der Waals surface area contributed by atoms with Gasteiger partial charge in [-0.2, -0.15) is 0 Å². The smallest absolute Gasteiger partial charge is 0.352 e. The molecule has 4 heteroatoms. The van der Waals surface area contributed by atoms with E-state index in [2.05, 4.69) is 4.98 Å². The third-order valence-corrected chi connectivity index (χ3v) is 1.29. The predicted octanol–water partition coefficient (Wildman–Crippen LogP) is 0.454. The number of aromatic carboxylic acids is 1. The molecule has 2 N–H and O–H groups in total. The molecule has 0 radical (unpaired) electrons. The van der Waals surface area contributed by atoms with Gasteiger partial charge < -0.3 is 14.9 Å². The maximum Gasteiger partial charge on any atom is 0.352 e. The number of aromatic nitrogens is 1. The Bertz CT molecular complexity index is 277. The van der Waals surface area contributed by atoms with Gasteiger partial charge in [-0.1, -0.05) is 0 Å². The third kappa shape index (κ3) is 1.67. The second-order valence-corrected chi connectivity index (χ2v) is 2.10. The Morgan fingerprint density at radius 1 is 1.73 bits per heavy atom. The highest BCUT2D eigenvalue weighted by molar-refractivity contribution is 5.85. The molecule has 4 nitrogen and oxygen atoms in total. The number of hydrogen-bond acceptors (Lipinski definition) is 2. The molecule has 1 aromatic rings. The minimum Gasteiger partial charge on any atom is -0.477 e. The van der Waals surface area contributed by atoms with Crippen molar-refractivity contribution in [1.29, 1.82) is 0 Å². The van der Waals surface area contributed by atoms with Gasteiger partial charge in [0.15, 0.2) is 0 Å². The number of carbonyl (C=O) groups excluding carboxylic acids is 1. The van der Waals surface area contributed by atoms with Gasteiger partial charge >= 0.3 is 5.97 Å². The van der Waals surface area contributed by atoms with Crippen LogP contribution in [-0.4, -0.2) is 22.3 Å². The van der Waals surface area contributed by atoms with Gasteiger partial charge in [0.05, 0.1) is 0 Å². The highest BCUT2D eigenvalue weighted by Gasteiger charge is 2.04. The van der Waals surface area contributed by atoms with E-state index in [1.54, 1.807) is 0 Å². The maximum atomic E-state index is 10.3. The van der Waals surface area contributed by atoms with E-state index < -0.39 is 5.97 Å². The number of aldehydes is 1. The minimum atomic E-state index is -1.01. The Balaban J connectivity index is 2.81. The molecule has 0 atom stereocenters. The average Bonchev–Trinajstić information content (AvgIpc) is 2.37. The van der Waals surface area contributed by atoms with Crippen LogP contribution in [0.5, 0.6) is 0 Å². The number of H-pyrrole nitrogens is 1. The van der Waals surface area contributed by atoms with E-state index in [0.717, 1.165) is 6.29 Å². The summed E-state index contributed by atoms with van der Waals surface area (Å²) in [6, 6.07) is 1.44. The third-order valence-electron chi connectivity index (χ3n) is 1.29. The van der Waals surface area contributed by atoms with Crippen molar-refractivity contribution < 1.29 is 14.7 Å². The van der Waals surface area contributed by atoms with Crippen molar-refractivity contribution in [3.63, 3.8) is 0 Å². The normalized spacial score (nSPS) is 9.45. The molecule has 0 aliphatic rings. The summed E-state index contributed by atoms with van der Waals surface area (Å²) in [5.74, 6) is -1.01. The monoisotopic (exact) mass is 153 g/mol. The van der Waals surface area contributed by atoms with Crippen molar-refractivity contribution in [3.05, 3.63) is 23.5 Å². The van der Waals surface area contributed by atoms with E-state index in [1.165, 1.54) is 12.3 Å². The van der Waals surface area contributed by atoms with Gasteiger partial charge in [-0.05, 0) is 11.6 Å². The van der Waals surface area contributed by atoms with Crippen LogP contribution >= 0.6 is 0 Å². The molecule has 0 unspecified atom stereocenters. The number of carboxylic acids is 1. The Morgan fingerprint density at radius 2 is 2.45 bits per heavy atom. The summed E-state index contributed by atoms with van der Waals surface area (Å²) in [7, 11) is 0. The fraction of sp³-hybridized carbons (Fsp3) is 0.143. The molecule has 0 spiro atoms. The standard InChI is InChI=1S/C7H7NO3/c9-2-1-5-3-6(7(10)11)8-4-5/h2-4,8H,1H2,(H,10,11). The first-order chi connectivity index (χ1) is 5.24. The van der Waals surface area contributed by atoms with Gasteiger partial charge in [0.2, 0.25) is 0 Å². The Labute approximate surface area is 62.9 Å². The SMILES string of the molecule is O=CCc1c[nH]c(C(=O)O)c1. The molecule has 0 aliphatic heterocycles. The molecule has 58 valence electrons. The average molecular weight is 153 g/mol. The van der Waals surface area contributed by atoms with Crippen molar-refractivity contribution in [2.24, 2.45) is 0 Å². The first kappa shape index (κ1) is 7.53. The van der Waals surface area contributed by atoms with Gasteiger partial charge in [-0.15, -0.1) is 0 Å². The fourth-order valence-electron chi connectivity index (χ4n) is 0.777. The first-order valence-corrected chi connectivity index (χ1v) is 3.08. The van der Waals surface area contributed by atoms with Crippen LogP contribution in [0.1, 0.15) is 16.1 Å². The molecule has 11 heavy (non-hydrogen) atoms. The van der Waals surface area contributed by atoms with Crippen LogP contribution in [0.3, 0.4) is 0 Å². The molecular weight excluding hydrogens is 146 g/mol. The number of nitrogens with one attached hydrogen (secondary N) is 1. The van der Waals surface area contributed by atoms with Crippen molar-refractivity contribution in [1.82, 2.24) is 4.98 Å². The lowest BCUT2D eigenvalue weighted by Crippen LogP contribution is -1.94. The summed E-state index contributed by atoms with van der Waals surface area (Å²) >= 11 is 0. The second-order valence-electron chi connectivity index (χ2n) is 2.10. The van der Waals surface area contributed by atoms with Gasteiger partial charge in [0.25, 0.3) is 0 Å². The van der Waals surface area contributed by atoms with Gasteiger partial charge in [0, 0.05) is 12.6 Å². The maximum absolute atomic E-state index is 10.3. The lowest BCUT2D eigenvalue weighted by atomic mass is 10.2. The quantitative estimate of drug-likeness (QED) is 0.619. The van der Waals surface area contributed by atoms with E-state index in [4.69, 9.17) is 5.11 Å². The molecule has 1 heterocycles. The van der Waals surface area contributed by atoms with E-state index in [9.17, 15) is 9.59 Å². The minimum absolute atomic E-state index is 0.113. The van der Waals surface area contributed by atoms with Gasteiger partial charge in [0.1, 0.15) is 12.0 Å². The molecule has 1 aromatic heterocycles. The van der Waals surface area contributed by atoms with Crippen LogP contribution in [0.25, 0.3) is 0 Å². The molecule has 0 aliphatic carbocycles. The van der Waals surface area contributed by atoms with E-state index in [0.29, 0.717) is 5.56 Å². The van der Waals surface area contributed by atoms with Crippen LogP contribution in [0.2, 0.25) is 0 Å². The molecule has 0 aromatic carbocycles. The topological polar surface area (TPSA) is 70.2 Å².